The standard InChI is InChI=1S/C13H18N4/c1-10-6-7-15-17(10)9-13(8-14,11-2-3-11)16-12-4-5-12/h6-7,11-12,16H,2-5,9H2,1H3. The van der Waals surface area contributed by atoms with Crippen molar-refractivity contribution in [2.24, 2.45) is 5.92 Å². The Labute approximate surface area is 102 Å². The Bertz CT molecular complexity index is 450. The van der Waals surface area contributed by atoms with Gasteiger partial charge in [-0.1, -0.05) is 0 Å². The molecule has 0 aromatic carbocycles. The van der Waals surface area contributed by atoms with Gasteiger partial charge in [0.05, 0.1) is 12.6 Å². The molecule has 0 amide bonds. The van der Waals surface area contributed by atoms with E-state index in [0.29, 0.717) is 18.5 Å². The first-order valence-corrected chi connectivity index (χ1v) is 6.41. The zero-order chi connectivity index (χ0) is 11.9. The second-order valence-electron chi connectivity index (χ2n) is 5.41. The fraction of sp³-hybridized carbons (Fsp3) is 0.692. The Balaban J connectivity index is 1.82. The second-order valence-corrected chi connectivity index (χ2v) is 5.41. The zero-order valence-electron chi connectivity index (χ0n) is 10.2. The summed E-state index contributed by atoms with van der Waals surface area (Å²) in [5.41, 5.74) is 0.737. The van der Waals surface area contributed by atoms with Gasteiger partial charge in [-0.3, -0.25) is 10.00 Å². The molecule has 17 heavy (non-hydrogen) atoms. The molecular weight excluding hydrogens is 212 g/mol. The van der Waals surface area contributed by atoms with Crippen LogP contribution in [0.25, 0.3) is 0 Å². The van der Waals surface area contributed by atoms with Gasteiger partial charge in [-0.15, -0.1) is 0 Å². The van der Waals surface area contributed by atoms with E-state index in [1.165, 1.54) is 25.7 Å². The summed E-state index contributed by atoms with van der Waals surface area (Å²) in [6, 6.07) is 5.10. The lowest BCUT2D eigenvalue weighted by molar-refractivity contribution is 0.299. The van der Waals surface area contributed by atoms with E-state index in [0.717, 1.165) is 5.69 Å². The summed E-state index contributed by atoms with van der Waals surface area (Å²) in [5.74, 6) is 0.511. The van der Waals surface area contributed by atoms with Crippen LogP contribution in [0.4, 0.5) is 0 Å². The lowest BCUT2D eigenvalue weighted by atomic mass is 9.94. The predicted molar refractivity (Wildman–Crippen MR) is 64.2 cm³/mol. The number of aryl methyl sites for hydroxylation is 1. The first-order valence-electron chi connectivity index (χ1n) is 6.41. The summed E-state index contributed by atoms with van der Waals surface area (Å²) >= 11 is 0. The van der Waals surface area contributed by atoms with Gasteiger partial charge in [0.1, 0.15) is 5.54 Å². The summed E-state index contributed by atoms with van der Waals surface area (Å²) < 4.78 is 1.96. The summed E-state index contributed by atoms with van der Waals surface area (Å²) in [7, 11) is 0. The fourth-order valence-electron chi connectivity index (χ4n) is 2.42. The van der Waals surface area contributed by atoms with Crippen molar-refractivity contribution in [2.75, 3.05) is 0 Å². The monoisotopic (exact) mass is 230 g/mol. The number of nitrogens with zero attached hydrogens (tertiary/aromatic N) is 3. The van der Waals surface area contributed by atoms with Gasteiger partial charge in [0, 0.05) is 17.9 Å². The SMILES string of the molecule is Cc1ccnn1CC(C#N)(NC1CC1)C1CC1. The van der Waals surface area contributed by atoms with Crippen LogP contribution in [0.3, 0.4) is 0 Å². The first-order chi connectivity index (χ1) is 8.23. The Morgan fingerprint density at radius 3 is 2.76 bits per heavy atom. The van der Waals surface area contributed by atoms with E-state index < -0.39 is 5.54 Å². The summed E-state index contributed by atoms with van der Waals surface area (Å²) in [4.78, 5) is 0. The molecule has 1 heterocycles. The van der Waals surface area contributed by atoms with Crippen LogP contribution in [-0.2, 0) is 6.54 Å². The molecule has 2 fully saturated rings. The van der Waals surface area contributed by atoms with Crippen molar-refractivity contribution in [3.05, 3.63) is 18.0 Å². The molecule has 2 saturated carbocycles. The van der Waals surface area contributed by atoms with Crippen molar-refractivity contribution in [1.29, 1.82) is 5.26 Å². The van der Waals surface area contributed by atoms with Crippen LogP contribution in [0.15, 0.2) is 12.3 Å². The highest BCUT2D eigenvalue weighted by atomic mass is 15.3. The van der Waals surface area contributed by atoms with E-state index in [1.807, 2.05) is 23.9 Å². The van der Waals surface area contributed by atoms with E-state index >= 15 is 0 Å². The number of hydrogen-bond acceptors (Lipinski definition) is 3. The predicted octanol–water partition coefficient (Wildman–Crippen LogP) is 1.62. The van der Waals surface area contributed by atoms with Crippen LogP contribution in [0, 0.1) is 24.2 Å². The third-order valence-corrected chi connectivity index (χ3v) is 3.84. The van der Waals surface area contributed by atoms with Gasteiger partial charge in [0.15, 0.2) is 0 Å². The lowest BCUT2D eigenvalue weighted by Gasteiger charge is -2.28. The molecule has 1 aromatic rings. The minimum Gasteiger partial charge on any atom is -0.295 e. The van der Waals surface area contributed by atoms with Crippen LogP contribution >= 0.6 is 0 Å². The largest absolute Gasteiger partial charge is 0.295 e. The number of hydrogen-bond donors (Lipinski definition) is 1. The van der Waals surface area contributed by atoms with E-state index in [9.17, 15) is 5.26 Å². The fourth-order valence-corrected chi connectivity index (χ4v) is 2.42. The van der Waals surface area contributed by atoms with E-state index in [4.69, 9.17) is 0 Å². The lowest BCUT2D eigenvalue weighted by Crippen LogP contribution is -2.51. The van der Waals surface area contributed by atoms with Gasteiger partial charge >= 0.3 is 0 Å². The van der Waals surface area contributed by atoms with Gasteiger partial charge < -0.3 is 0 Å². The van der Waals surface area contributed by atoms with Crippen LogP contribution in [-0.4, -0.2) is 21.4 Å². The Hall–Kier alpha value is -1.34. The number of nitriles is 1. The van der Waals surface area contributed by atoms with Crippen LogP contribution in [0.1, 0.15) is 31.4 Å². The summed E-state index contributed by atoms with van der Waals surface area (Å²) in [5, 5.41) is 17.5. The molecule has 4 heteroatoms. The molecule has 1 unspecified atom stereocenters. The second kappa shape index (κ2) is 3.85. The first kappa shape index (κ1) is 10.8. The maximum absolute atomic E-state index is 9.60. The number of nitrogens with one attached hydrogen (secondary N) is 1. The smallest absolute Gasteiger partial charge is 0.129 e. The van der Waals surface area contributed by atoms with Crippen molar-refractivity contribution in [2.45, 2.75) is 50.7 Å². The topological polar surface area (TPSA) is 53.6 Å². The molecule has 3 rings (SSSR count). The van der Waals surface area contributed by atoms with E-state index in [-0.39, 0.29) is 0 Å². The van der Waals surface area contributed by atoms with Crippen molar-refractivity contribution in [3.8, 4) is 6.07 Å². The zero-order valence-corrected chi connectivity index (χ0v) is 10.2. The molecule has 2 aliphatic carbocycles. The average Bonchev–Trinajstić information content (AvgIpc) is 3.21. The third-order valence-electron chi connectivity index (χ3n) is 3.84. The van der Waals surface area contributed by atoms with Crippen LogP contribution in [0.2, 0.25) is 0 Å². The average molecular weight is 230 g/mol. The minimum absolute atomic E-state index is 0.391. The summed E-state index contributed by atoms with van der Waals surface area (Å²) in [6.07, 6.45) is 6.59. The van der Waals surface area contributed by atoms with Crippen molar-refractivity contribution in [3.63, 3.8) is 0 Å². The van der Waals surface area contributed by atoms with Crippen molar-refractivity contribution < 1.29 is 0 Å². The highest BCUT2D eigenvalue weighted by Crippen LogP contribution is 2.42. The molecule has 4 nitrogen and oxygen atoms in total. The minimum atomic E-state index is -0.391. The molecule has 1 N–H and O–H groups in total. The Morgan fingerprint density at radius 2 is 2.29 bits per heavy atom. The quantitative estimate of drug-likeness (QED) is 0.836. The Morgan fingerprint density at radius 1 is 1.53 bits per heavy atom. The van der Waals surface area contributed by atoms with Gasteiger partial charge in [-0.2, -0.15) is 10.4 Å². The van der Waals surface area contributed by atoms with Crippen LogP contribution in [0.5, 0.6) is 0 Å². The van der Waals surface area contributed by atoms with Gasteiger partial charge in [-0.25, -0.2) is 0 Å². The molecule has 0 spiro atoms. The molecule has 0 aliphatic heterocycles. The molecule has 0 saturated heterocycles. The highest BCUT2D eigenvalue weighted by molar-refractivity contribution is 5.17. The van der Waals surface area contributed by atoms with Crippen LogP contribution < -0.4 is 5.32 Å². The van der Waals surface area contributed by atoms with Crippen molar-refractivity contribution >= 4 is 0 Å². The number of aromatic nitrogens is 2. The maximum Gasteiger partial charge on any atom is 0.129 e. The summed E-state index contributed by atoms with van der Waals surface area (Å²) in [6.45, 7) is 2.72. The Kier molecular flexibility index (Phi) is 2.44. The molecule has 1 atom stereocenters. The molecule has 0 bridgehead atoms. The molecule has 0 radical (unpaired) electrons. The maximum atomic E-state index is 9.60. The van der Waals surface area contributed by atoms with Gasteiger partial charge in [-0.05, 0) is 44.6 Å². The highest BCUT2D eigenvalue weighted by Gasteiger charge is 2.48. The molecular formula is C13H18N4. The normalized spacial score (nSPS) is 23.1. The number of rotatable bonds is 5. The van der Waals surface area contributed by atoms with Gasteiger partial charge in [0.2, 0.25) is 0 Å². The van der Waals surface area contributed by atoms with Crippen molar-refractivity contribution in [1.82, 2.24) is 15.1 Å². The van der Waals surface area contributed by atoms with Gasteiger partial charge in [0.25, 0.3) is 0 Å². The molecule has 2 aliphatic rings. The molecule has 1 aromatic heterocycles. The third kappa shape index (κ3) is 2.07. The molecule has 90 valence electrons. The van der Waals surface area contributed by atoms with E-state index in [2.05, 4.69) is 16.5 Å². The van der Waals surface area contributed by atoms with E-state index in [1.54, 1.807) is 0 Å².